The number of nitrogens with zero attached hydrogens (tertiary/aromatic N) is 1. The van der Waals surface area contributed by atoms with Crippen LogP contribution in [0.1, 0.15) is 30.8 Å². The highest BCUT2D eigenvalue weighted by molar-refractivity contribution is 5.85. The summed E-state index contributed by atoms with van der Waals surface area (Å²) in [5.74, 6) is -0.659. The van der Waals surface area contributed by atoms with Crippen molar-refractivity contribution in [2.24, 2.45) is 5.92 Å². The lowest BCUT2D eigenvalue weighted by Gasteiger charge is -2.22. The Bertz CT molecular complexity index is 363. The van der Waals surface area contributed by atoms with Gasteiger partial charge in [-0.1, -0.05) is 13.8 Å². The third-order valence-electron chi connectivity index (χ3n) is 2.58. The minimum Gasteiger partial charge on any atom is -0.477 e. The summed E-state index contributed by atoms with van der Waals surface area (Å²) in [6.07, 6.45) is 2.15. The van der Waals surface area contributed by atoms with Crippen molar-refractivity contribution in [3.05, 3.63) is 24.0 Å². The number of carboxylic acid groups (broad SMARTS) is 1. The number of aliphatic hydroxyl groups excluding tert-OH is 1. The first kappa shape index (κ1) is 13.4. The van der Waals surface area contributed by atoms with Crippen LogP contribution in [0.3, 0.4) is 0 Å². The van der Waals surface area contributed by atoms with Crippen LogP contribution in [-0.4, -0.2) is 33.8 Å². The van der Waals surface area contributed by atoms with Crippen LogP contribution in [0.5, 0.6) is 0 Å². The number of aromatic carboxylic acids is 1. The molecular formula is C12H18N2O3. The summed E-state index contributed by atoms with van der Waals surface area (Å²) < 4.78 is 0. The second-order valence-corrected chi connectivity index (χ2v) is 4.24. The molecule has 0 fully saturated rings. The van der Waals surface area contributed by atoms with Crippen LogP contribution in [0.15, 0.2) is 18.3 Å². The van der Waals surface area contributed by atoms with Gasteiger partial charge in [-0.15, -0.1) is 0 Å². The molecule has 1 unspecified atom stereocenters. The van der Waals surface area contributed by atoms with Gasteiger partial charge in [0, 0.05) is 12.6 Å². The SMILES string of the molecule is CC(C)C(CCO)Nc1ccc(C(=O)O)nc1. The molecule has 1 rings (SSSR count). The zero-order valence-electron chi connectivity index (χ0n) is 10.1. The third-order valence-corrected chi connectivity index (χ3v) is 2.58. The molecule has 0 aliphatic carbocycles. The number of carbonyl (C=O) groups is 1. The number of aromatic nitrogens is 1. The fourth-order valence-corrected chi connectivity index (χ4v) is 1.53. The highest BCUT2D eigenvalue weighted by Gasteiger charge is 2.13. The number of carboxylic acids is 1. The van der Waals surface area contributed by atoms with Gasteiger partial charge >= 0.3 is 5.97 Å². The van der Waals surface area contributed by atoms with Gasteiger partial charge in [0.05, 0.1) is 11.9 Å². The molecule has 0 radical (unpaired) electrons. The van der Waals surface area contributed by atoms with Crippen molar-refractivity contribution >= 4 is 11.7 Å². The van der Waals surface area contributed by atoms with Gasteiger partial charge in [-0.25, -0.2) is 9.78 Å². The van der Waals surface area contributed by atoms with E-state index in [-0.39, 0.29) is 18.3 Å². The fourth-order valence-electron chi connectivity index (χ4n) is 1.53. The highest BCUT2D eigenvalue weighted by atomic mass is 16.4. The van der Waals surface area contributed by atoms with Crippen molar-refractivity contribution in [3.8, 4) is 0 Å². The van der Waals surface area contributed by atoms with Crippen molar-refractivity contribution in [2.45, 2.75) is 26.3 Å². The Morgan fingerprint density at radius 3 is 2.59 bits per heavy atom. The predicted octanol–water partition coefficient (Wildman–Crippen LogP) is 1.60. The van der Waals surface area contributed by atoms with Gasteiger partial charge in [0.25, 0.3) is 0 Å². The van der Waals surface area contributed by atoms with Crippen LogP contribution in [0, 0.1) is 5.92 Å². The van der Waals surface area contributed by atoms with E-state index in [9.17, 15) is 4.79 Å². The summed E-state index contributed by atoms with van der Waals surface area (Å²) >= 11 is 0. The molecule has 0 aliphatic heterocycles. The first-order valence-electron chi connectivity index (χ1n) is 5.61. The second-order valence-electron chi connectivity index (χ2n) is 4.24. The summed E-state index contributed by atoms with van der Waals surface area (Å²) in [4.78, 5) is 14.5. The molecule has 0 saturated carbocycles. The molecule has 94 valence electrons. The van der Waals surface area contributed by atoms with E-state index < -0.39 is 5.97 Å². The van der Waals surface area contributed by atoms with E-state index >= 15 is 0 Å². The van der Waals surface area contributed by atoms with E-state index in [2.05, 4.69) is 24.1 Å². The van der Waals surface area contributed by atoms with Gasteiger partial charge in [-0.3, -0.25) is 0 Å². The number of hydrogen-bond acceptors (Lipinski definition) is 4. The van der Waals surface area contributed by atoms with Gasteiger partial charge in [0.15, 0.2) is 0 Å². The maximum atomic E-state index is 10.6. The molecular weight excluding hydrogens is 220 g/mol. The van der Waals surface area contributed by atoms with Crippen LogP contribution < -0.4 is 5.32 Å². The first-order chi connectivity index (χ1) is 8.04. The molecule has 0 amide bonds. The van der Waals surface area contributed by atoms with Crippen LogP contribution in [0.4, 0.5) is 5.69 Å². The number of nitrogens with one attached hydrogen (secondary N) is 1. The quantitative estimate of drug-likeness (QED) is 0.701. The molecule has 0 aromatic carbocycles. The van der Waals surface area contributed by atoms with E-state index in [0.717, 1.165) is 5.69 Å². The van der Waals surface area contributed by atoms with Gasteiger partial charge in [-0.2, -0.15) is 0 Å². The number of pyridine rings is 1. The summed E-state index contributed by atoms with van der Waals surface area (Å²) in [5, 5.41) is 20.9. The van der Waals surface area contributed by atoms with Crippen LogP contribution in [0.25, 0.3) is 0 Å². The topological polar surface area (TPSA) is 82.5 Å². The summed E-state index contributed by atoms with van der Waals surface area (Å²) in [5.41, 5.74) is 0.793. The van der Waals surface area contributed by atoms with Crippen molar-refractivity contribution < 1.29 is 15.0 Å². The highest BCUT2D eigenvalue weighted by Crippen LogP contribution is 2.14. The lowest BCUT2D eigenvalue weighted by molar-refractivity contribution is 0.0690. The molecule has 1 aromatic heterocycles. The van der Waals surface area contributed by atoms with E-state index in [4.69, 9.17) is 10.2 Å². The predicted molar refractivity (Wildman–Crippen MR) is 65.1 cm³/mol. The molecule has 0 aliphatic rings. The molecule has 0 bridgehead atoms. The second kappa shape index (κ2) is 6.20. The van der Waals surface area contributed by atoms with Crippen LogP contribution in [0.2, 0.25) is 0 Å². The lowest BCUT2D eigenvalue weighted by atomic mass is 10.0. The van der Waals surface area contributed by atoms with Crippen LogP contribution >= 0.6 is 0 Å². The average molecular weight is 238 g/mol. The van der Waals surface area contributed by atoms with E-state index in [1.165, 1.54) is 12.3 Å². The van der Waals surface area contributed by atoms with Gasteiger partial charge in [0.2, 0.25) is 0 Å². The molecule has 1 heterocycles. The zero-order valence-corrected chi connectivity index (χ0v) is 10.1. The molecule has 3 N–H and O–H groups in total. The Labute approximate surface area is 101 Å². The number of rotatable bonds is 6. The monoisotopic (exact) mass is 238 g/mol. The number of aliphatic hydroxyl groups is 1. The Morgan fingerprint density at radius 2 is 2.18 bits per heavy atom. The number of hydrogen-bond donors (Lipinski definition) is 3. The molecule has 1 atom stereocenters. The molecule has 0 spiro atoms. The van der Waals surface area contributed by atoms with Gasteiger partial charge in [0.1, 0.15) is 5.69 Å². The largest absolute Gasteiger partial charge is 0.477 e. The minimum atomic E-state index is -1.03. The normalized spacial score (nSPS) is 12.5. The summed E-state index contributed by atoms with van der Waals surface area (Å²) in [6.45, 7) is 4.25. The number of anilines is 1. The average Bonchev–Trinajstić information content (AvgIpc) is 2.29. The van der Waals surface area contributed by atoms with Crippen LogP contribution in [-0.2, 0) is 0 Å². The van der Waals surface area contributed by atoms with Crippen molar-refractivity contribution in [1.82, 2.24) is 4.98 Å². The summed E-state index contributed by atoms with van der Waals surface area (Å²) in [6, 6.07) is 3.29. The molecule has 5 nitrogen and oxygen atoms in total. The van der Waals surface area contributed by atoms with Crippen molar-refractivity contribution in [3.63, 3.8) is 0 Å². The Hall–Kier alpha value is -1.62. The van der Waals surface area contributed by atoms with E-state index in [1.54, 1.807) is 6.07 Å². The van der Waals surface area contributed by atoms with Crippen molar-refractivity contribution in [2.75, 3.05) is 11.9 Å². The van der Waals surface area contributed by atoms with Gasteiger partial charge < -0.3 is 15.5 Å². The summed E-state index contributed by atoms with van der Waals surface area (Å²) in [7, 11) is 0. The van der Waals surface area contributed by atoms with Gasteiger partial charge in [-0.05, 0) is 24.5 Å². The third kappa shape index (κ3) is 4.03. The maximum Gasteiger partial charge on any atom is 0.354 e. The Balaban J connectivity index is 2.69. The zero-order chi connectivity index (χ0) is 12.8. The van der Waals surface area contributed by atoms with Crippen molar-refractivity contribution in [1.29, 1.82) is 0 Å². The lowest BCUT2D eigenvalue weighted by Crippen LogP contribution is -2.26. The van der Waals surface area contributed by atoms with E-state index in [0.29, 0.717) is 12.3 Å². The minimum absolute atomic E-state index is 0.0267. The Morgan fingerprint density at radius 1 is 1.47 bits per heavy atom. The molecule has 17 heavy (non-hydrogen) atoms. The standard InChI is InChI=1S/C12H18N2O3/c1-8(2)10(5-6-15)14-9-3-4-11(12(16)17)13-7-9/h3-4,7-8,10,14-15H,5-6H2,1-2H3,(H,16,17). The molecule has 1 aromatic rings. The Kier molecular flexibility index (Phi) is 4.90. The fraction of sp³-hybridized carbons (Fsp3) is 0.500. The first-order valence-corrected chi connectivity index (χ1v) is 5.61. The molecule has 0 saturated heterocycles. The maximum absolute atomic E-state index is 10.6. The molecule has 5 heteroatoms. The van der Waals surface area contributed by atoms with E-state index in [1.807, 2.05) is 0 Å². The smallest absolute Gasteiger partial charge is 0.354 e.